The number of ether oxygens (including phenoxy) is 1. The lowest BCUT2D eigenvalue weighted by Crippen LogP contribution is -2.60. The number of fused-ring (bicyclic) bond motifs is 2. The third-order valence-electron chi connectivity index (χ3n) is 6.71. The molecule has 6 rings (SSSR count). The van der Waals surface area contributed by atoms with E-state index in [1.165, 1.54) is 31.5 Å². The molecule has 0 aliphatic carbocycles. The zero-order chi connectivity index (χ0) is 17.5. The van der Waals surface area contributed by atoms with Crippen molar-refractivity contribution in [2.45, 2.75) is 37.4 Å². The van der Waals surface area contributed by atoms with Crippen molar-refractivity contribution in [2.24, 2.45) is 5.92 Å². The van der Waals surface area contributed by atoms with Gasteiger partial charge in [0.15, 0.2) is 0 Å². The number of methoxy groups -OCH3 is 1. The van der Waals surface area contributed by atoms with Gasteiger partial charge in [-0.1, -0.05) is 30.3 Å². The molecule has 4 aliphatic heterocycles. The maximum absolute atomic E-state index is 5.40. The largest absolute Gasteiger partial charge is 0.497 e. The van der Waals surface area contributed by atoms with Crippen LogP contribution in [-0.2, 0) is 6.54 Å². The molecule has 5 heterocycles. The maximum Gasteiger partial charge on any atom is 0.122 e. The van der Waals surface area contributed by atoms with E-state index < -0.39 is 0 Å². The van der Waals surface area contributed by atoms with Crippen LogP contribution >= 0.6 is 0 Å². The molecule has 2 aromatic rings. The van der Waals surface area contributed by atoms with Crippen molar-refractivity contribution < 1.29 is 4.74 Å². The van der Waals surface area contributed by atoms with Gasteiger partial charge in [-0.3, -0.25) is 14.8 Å². The van der Waals surface area contributed by atoms with E-state index in [0.29, 0.717) is 18.0 Å². The second-order valence-corrected chi connectivity index (χ2v) is 7.99. The van der Waals surface area contributed by atoms with E-state index in [-0.39, 0.29) is 0 Å². The molecular weight excluding hydrogens is 322 g/mol. The summed E-state index contributed by atoms with van der Waals surface area (Å²) in [7, 11) is 1.73. The first-order valence-corrected chi connectivity index (χ1v) is 9.85. The summed E-state index contributed by atoms with van der Waals surface area (Å²) in [6, 6.07) is 16.5. The molecule has 3 atom stereocenters. The van der Waals surface area contributed by atoms with Gasteiger partial charge >= 0.3 is 0 Å². The number of rotatable bonds is 4. The molecule has 26 heavy (non-hydrogen) atoms. The molecule has 1 aromatic carbocycles. The van der Waals surface area contributed by atoms with Crippen LogP contribution < -0.4 is 4.74 Å². The number of likely N-dealkylation sites (tertiary alicyclic amines) is 1. The summed E-state index contributed by atoms with van der Waals surface area (Å²) >= 11 is 0. The van der Waals surface area contributed by atoms with Crippen LogP contribution in [0.3, 0.4) is 0 Å². The van der Waals surface area contributed by atoms with E-state index >= 15 is 0 Å². The maximum atomic E-state index is 5.40. The van der Waals surface area contributed by atoms with Crippen LogP contribution in [0.4, 0.5) is 0 Å². The fourth-order valence-electron chi connectivity index (χ4n) is 5.59. The fourth-order valence-corrected chi connectivity index (χ4v) is 5.59. The molecule has 4 heteroatoms. The van der Waals surface area contributed by atoms with Gasteiger partial charge in [-0.25, -0.2) is 0 Å². The highest BCUT2D eigenvalue weighted by molar-refractivity contribution is 5.28. The van der Waals surface area contributed by atoms with E-state index in [4.69, 9.17) is 4.74 Å². The molecule has 136 valence electrons. The number of hydrogen-bond donors (Lipinski definition) is 0. The third-order valence-corrected chi connectivity index (χ3v) is 6.71. The Morgan fingerprint density at radius 2 is 1.88 bits per heavy atom. The Morgan fingerprint density at radius 3 is 2.65 bits per heavy atom. The van der Waals surface area contributed by atoms with Crippen LogP contribution in [0.2, 0.25) is 0 Å². The Kier molecular flexibility index (Phi) is 4.18. The zero-order valence-corrected chi connectivity index (χ0v) is 15.4. The van der Waals surface area contributed by atoms with E-state index in [1.807, 2.05) is 12.3 Å². The number of piperidine rings is 3. The molecule has 4 aliphatic rings. The van der Waals surface area contributed by atoms with Gasteiger partial charge in [0.2, 0.25) is 0 Å². The molecule has 0 spiro atoms. The topological polar surface area (TPSA) is 28.6 Å². The van der Waals surface area contributed by atoms with Crippen LogP contribution in [0.1, 0.15) is 30.0 Å². The molecule has 0 unspecified atom stereocenters. The van der Waals surface area contributed by atoms with Crippen LogP contribution in [0.25, 0.3) is 0 Å². The monoisotopic (exact) mass is 349 g/mol. The van der Waals surface area contributed by atoms with Crippen molar-refractivity contribution in [1.82, 2.24) is 14.8 Å². The Balaban J connectivity index is 1.46. The first-order valence-electron chi connectivity index (χ1n) is 9.85. The first kappa shape index (κ1) is 16.3. The Labute approximate surface area is 155 Å². The highest BCUT2D eigenvalue weighted by atomic mass is 16.5. The van der Waals surface area contributed by atoms with Gasteiger partial charge in [0.05, 0.1) is 12.8 Å². The van der Waals surface area contributed by atoms with Gasteiger partial charge < -0.3 is 4.74 Å². The SMILES string of the molecule is COc1ccnc(CN2C[C@H](c3ccccc3)[C@H]3[C@@H]2C2CCN3CC2)c1. The minimum atomic E-state index is 0.606. The van der Waals surface area contributed by atoms with Crippen LogP contribution in [-0.4, -0.2) is 53.6 Å². The third kappa shape index (κ3) is 2.72. The molecule has 4 fully saturated rings. The molecule has 0 radical (unpaired) electrons. The number of nitrogens with zero attached hydrogens (tertiary/aromatic N) is 3. The normalized spacial score (nSPS) is 33.2. The molecule has 0 N–H and O–H groups in total. The highest BCUT2D eigenvalue weighted by Crippen LogP contribution is 2.46. The van der Waals surface area contributed by atoms with Crippen molar-refractivity contribution >= 4 is 0 Å². The van der Waals surface area contributed by atoms with Crippen molar-refractivity contribution in [3.05, 3.63) is 59.9 Å². The number of benzene rings is 1. The average molecular weight is 349 g/mol. The summed E-state index contributed by atoms with van der Waals surface area (Å²) in [4.78, 5) is 10.1. The van der Waals surface area contributed by atoms with E-state index in [0.717, 1.165) is 30.5 Å². The molecule has 4 nitrogen and oxygen atoms in total. The summed E-state index contributed by atoms with van der Waals surface area (Å²) in [6.07, 6.45) is 4.57. The number of hydrogen-bond acceptors (Lipinski definition) is 4. The summed E-state index contributed by atoms with van der Waals surface area (Å²) in [5.74, 6) is 2.35. The lowest BCUT2D eigenvalue weighted by atomic mass is 9.75. The minimum Gasteiger partial charge on any atom is -0.497 e. The fraction of sp³-hybridized carbons (Fsp3) is 0.500. The summed E-state index contributed by atoms with van der Waals surface area (Å²) in [5.41, 5.74) is 2.62. The summed E-state index contributed by atoms with van der Waals surface area (Å²) in [6.45, 7) is 4.61. The van der Waals surface area contributed by atoms with E-state index in [9.17, 15) is 0 Å². The molecule has 0 amide bonds. The van der Waals surface area contributed by atoms with Crippen molar-refractivity contribution in [3.63, 3.8) is 0 Å². The minimum absolute atomic E-state index is 0.606. The lowest BCUT2D eigenvalue weighted by Gasteiger charge is -2.51. The van der Waals surface area contributed by atoms with Gasteiger partial charge in [-0.2, -0.15) is 0 Å². The molecule has 1 aromatic heterocycles. The number of aromatic nitrogens is 1. The Morgan fingerprint density at radius 1 is 1.08 bits per heavy atom. The lowest BCUT2D eigenvalue weighted by molar-refractivity contribution is -0.00899. The standard InChI is InChI=1S/C22H27N3O/c1-26-19-7-10-23-18(13-19)14-25-15-20(16-5-3-2-4-6-16)22-21(25)17-8-11-24(22)12-9-17/h2-7,10,13,17,20-22H,8-9,11-12,14-15H2,1H3/t20-,21+,22+/m1/s1. The first-order chi connectivity index (χ1) is 12.8. The van der Waals surface area contributed by atoms with Gasteiger partial charge in [0, 0.05) is 43.4 Å². The summed E-state index contributed by atoms with van der Waals surface area (Å²) in [5, 5.41) is 0. The van der Waals surface area contributed by atoms with E-state index in [1.54, 1.807) is 7.11 Å². The summed E-state index contributed by atoms with van der Waals surface area (Å²) < 4.78 is 5.40. The predicted octanol–water partition coefficient (Wildman–Crippen LogP) is 3.15. The Bertz CT molecular complexity index is 757. The molecule has 0 saturated carbocycles. The van der Waals surface area contributed by atoms with E-state index in [2.05, 4.69) is 51.2 Å². The van der Waals surface area contributed by atoms with Crippen molar-refractivity contribution in [2.75, 3.05) is 26.7 Å². The Hall–Kier alpha value is -1.91. The average Bonchev–Trinajstić information content (AvgIpc) is 3.11. The number of pyridine rings is 1. The van der Waals surface area contributed by atoms with Gasteiger partial charge in [0.25, 0.3) is 0 Å². The highest BCUT2D eigenvalue weighted by Gasteiger charge is 2.53. The second kappa shape index (κ2) is 6.67. The van der Waals surface area contributed by atoms with Gasteiger partial charge in [-0.05, 0) is 43.5 Å². The molecule has 4 saturated heterocycles. The zero-order valence-electron chi connectivity index (χ0n) is 15.4. The van der Waals surface area contributed by atoms with Gasteiger partial charge in [0.1, 0.15) is 5.75 Å². The van der Waals surface area contributed by atoms with Crippen molar-refractivity contribution in [3.8, 4) is 5.75 Å². The predicted molar refractivity (Wildman–Crippen MR) is 102 cm³/mol. The molecule has 2 bridgehead atoms. The second-order valence-electron chi connectivity index (χ2n) is 7.99. The van der Waals surface area contributed by atoms with Crippen molar-refractivity contribution in [1.29, 1.82) is 0 Å². The van der Waals surface area contributed by atoms with Crippen LogP contribution in [0.5, 0.6) is 5.75 Å². The van der Waals surface area contributed by atoms with Crippen LogP contribution in [0.15, 0.2) is 48.7 Å². The smallest absolute Gasteiger partial charge is 0.122 e. The van der Waals surface area contributed by atoms with Gasteiger partial charge in [-0.15, -0.1) is 0 Å². The quantitative estimate of drug-likeness (QED) is 0.848. The van der Waals surface area contributed by atoms with Crippen LogP contribution in [0, 0.1) is 5.92 Å². The molecular formula is C22H27N3O.